The van der Waals surface area contributed by atoms with E-state index >= 15 is 0 Å². The number of rotatable bonds is 7. The van der Waals surface area contributed by atoms with Crippen molar-refractivity contribution in [1.82, 2.24) is 15.1 Å². The molecule has 1 saturated heterocycles. The van der Waals surface area contributed by atoms with Crippen LogP contribution in [0.2, 0.25) is 0 Å². The zero-order chi connectivity index (χ0) is 14.3. The predicted molar refractivity (Wildman–Crippen MR) is 77.2 cm³/mol. The van der Waals surface area contributed by atoms with Gasteiger partial charge in [0.15, 0.2) is 0 Å². The molecule has 1 amide bonds. The number of amides is 1. The third-order valence-electron chi connectivity index (χ3n) is 3.16. The van der Waals surface area contributed by atoms with E-state index in [9.17, 15) is 4.79 Å². The van der Waals surface area contributed by atoms with Crippen LogP contribution in [0.5, 0.6) is 0 Å². The third-order valence-corrected chi connectivity index (χ3v) is 3.16. The summed E-state index contributed by atoms with van der Waals surface area (Å²) in [6.07, 6.45) is 0.530. The Hall–Kier alpha value is -0.650. The highest BCUT2D eigenvalue weighted by Crippen LogP contribution is 2.07. The molecule has 1 N–H and O–H groups in total. The van der Waals surface area contributed by atoms with E-state index < -0.39 is 0 Å². The fourth-order valence-electron chi connectivity index (χ4n) is 2.15. The monoisotopic (exact) mass is 271 g/mol. The number of hydrogen-bond acceptors (Lipinski definition) is 4. The number of ether oxygens (including phenoxy) is 1. The van der Waals surface area contributed by atoms with Crippen molar-refractivity contribution in [3.8, 4) is 0 Å². The van der Waals surface area contributed by atoms with E-state index in [0.717, 1.165) is 32.7 Å². The fraction of sp³-hybridized carbons (Fsp3) is 0.929. The summed E-state index contributed by atoms with van der Waals surface area (Å²) >= 11 is 0. The maximum absolute atomic E-state index is 12.4. The molecule has 0 aromatic carbocycles. The quantitative estimate of drug-likeness (QED) is 0.728. The van der Waals surface area contributed by atoms with Crippen LogP contribution in [0.15, 0.2) is 0 Å². The normalized spacial score (nSPS) is 20.0. The average molecular weight is 271 g/mol. The fourth-order valence-corrected chi connectivity index (χ4v) is 2.15. The van der Waals surface area contributed by atoms with Crippen LogP contribution in [0.25, 0.3) is 0 Å². The number of carbonyl (C=O) groups excluding carboxylic acids is 1. The van der Waals surface area contributed by atoms with Gasteiger partial charge in [-0.25, -0.2) is 0 Å². The van der Waals surface area contributed by atoms with E-state index in [2.05, 4.69) is 24.1 Å². The van der Waals surface area contributed by atoms with E-state index in [0.29, 0.717) is 18.9 Å². The van der Waals surface area contributed by atoms with Crippen LogP contribution in [0.4, 0.5) is 0 Å². The lowest BCUT2D eigenvalue weighted by Crippen LogP contribution is -2.44. The van der Waals surface area contributed by atoms with Gasteiger partial charge < -0.3 is 19.9 Å². The van der Waals surface area contributed by atoms with Crippen LogP contribution in [0, 0.1) is 5.92 Å². The molecule has 5 nitrogen and oxygen atoms in total. The minimum absolute atomic E-state index is 0.0373. The molecule has 0 aliphatic carbocycles. The SMILES string of the molecule is CC(C)CN(CCN(C)C)C(=O)CC1CNCCO1. The molecule has 0 radical (unpaired) electrons. The van der Waals surface area contributed by atoms with Gasteiger partial charge in [0.1, 0.15) is 0 Å². The van der Waals surface area contributed by atoms with Crippen molar-refractivity contribution in [1.29, 1.82) is 0 Å². The Kier molecular flexibility index (Phi) is 7.34. The molecule has 0 aromatic rings. The highest BCUT2D eigenvalue weighted by atomic mass is 16.5. The van der Waals surface area contributed by atoms with Gasteiger partial charge >= 0.3 is 0 Å². The maximum Gasteiger partial charge on any atom is 0.225 e. The zero-order valence-corrected chi connectivity index (χ0v) is 12.8. The first-order chi connectivity index (χ1) is 8.99. The number of hydrogen-bond donors (Lipinski definition) is 1. The molecule has 5 heteroatoms. The highest BCUT2D eigenvalue weighted by molar-refractivity contribution is 5.76. The van der Waals surface area contributed by atoms with Gasteiger partial charge in [-0.05, 0) is 20.0 Å². The molecule has 1 atom stereocenters. The molecular formula is C14H29N3O2. The van der Waals surface area contributed by atoms with Crippen LogP contribution in [-0.4, -0.2) is 75.2 Å². The molecule has 1 rings (SSSR count). The smallest absolute Gasteiger partial charge is 0.225 e. The molecule has 0 aromatic heterocycles. The van der Waals surface area contributed by atoms with Gasteiger partial charge in [0.05, 0.1) is 19.1 Å². The zero-order valence-electron chi connectivity index (χ0n) is 12.8. The number of carbonyl (C=O) groups is 1. The van der Waals surface area contributed by atoms with Crippen LogP contribution in [0.1, 0.15) is 20.3 Å². The largest absolute Gasteiger partial charge is 0.375 e. The number of morpholine rings is 1. The number of nitrogens with zero attached hydrogens (tertiary/aromatic N) is 2. The van der Waals surface area contributed by atoms with E-state index in [4.69, 9.17) is 4.74 Å². The van der Waals surface area contributed by atoms with Crippen LogP contribution >= 0.6 is 0 Å². The molecule has 0 saturated carbocycles. The van der Waals surface area contributed by atoms with Gasteiger partial charge in [-0.1, -0.05) is 13.8 Å². The van der Waals surface area contributed by atoms with Gasteiger partial charge in [0.25, 0.3) is 0 Å². The Morgan fingerprint density at radius 2 is 2.11 bits per heavy atom. The van der Waals surface area contributed by atoms with Crippen LogP contribution < -0.4 is 5.32 Å². The Labute approximate surface area is 117 Å². The second-order valence-electron chi connectivity index (χ2n) is 5.94. The maximum atomic E-state index is 12.4. The first kappa shape index (κ1) is 16.4. The van der Waals surface area contributed by atoms with E-state index in [1.807, 2.05) is 19.0 Å². The summed E-state index contributed by atoms with van der Waals surface area (Å²) in [5.74, 6) is 0.709. The van der Waals surface area contributed by atoms with E-state index in [-0.39, 0.29) is 12.0 Å². The Bertz CT molecular complexity index is 263. The lowest BCUT2D eigenvalue weighted by atomic mass is 10.1. The first-order valence-electron chi connectivity index (χ1n) is 7.24. The molecular weight excluding hydrogens is 242 g/mol. The van der Waals surface area contributed by atoms with E-state index in [1.165, 1.54) is 0 Å². The second-order valence-corrected chi connectivity index (χ2v) is 5.94. The van der Waals surface area contributed by atoms with Gasteiger partial charge in [0.2, 0.25) is 5.91 Å². The summed E-state index contributed by atoms with van der Waals surface area (Å²) in [6, 6.07) is 0. The van der Waals surface area contributed by atoms with Crippen LogP contribution in [0.3, 0.4) is 0 Å². The van der Waals surface area contributed by atoms with Crippen molar-refractivity contribution in [3.63, 3.8) is 0 Å². The van der Waals surface area contributed by atoms with Gasteiger partial charge in [0, 0.05) is 32.7 Å². The Morgan fingerprint density at radius 1 is 1.37 bits per heavy atom. The minimum Gasteiger partial charge on any atom is -0.375 e. The lowest BCUT2D eigenvalue weighted by molar-refractivity contribution is -0.135. The molecule has 19 heavy (non-hydrogen) atoms. The van der Waals surface area contributed by atoms with Gasteiger partial charge in [-0.15, -0.1) is 0 Å². The third kappa shape index (κ3) is 6.89. The van der Waals surface area contributed by atoms with Crippen LogP contribution in [-0.2, 0) is 9.53 Å². The van der Waals surface area contributed by atoms with E-state index in [1.54, 1.807) is 0 Å². The predicted octanol–water partition coefficient (Wildman–Crippen LogP) is 0.411. The molecule has 0 spiro atoms. The highest BCUT2D eigenvalue weighted by Gasteiger charge is 2.22. The molecule has 1 unspecified atom stereocenters. The molecule has 0 bridgehead atoms. The summed E-state index contributed by atoms with van der Waals surface area (Å²) in [7, 11) is 4.07. The molecule has 112 valence electrons. The summed E-state index contributed by atoms with van der Waals surface area (Å²) in [5, 5.41) is 3.27. The summed E-state index contributed by atoms with van der Waals surface area (Å²) < 4.78 is 5.61. The second kappa shape index (κ2) is 8.51. The molecule has 1 fully saturated rings. The molecule has 1 heterocycles. The van der Waals surface area contributed by atoms with Crippen molar-refractivity contribution >= 4 is 5.91 Å². The van der Waals surface area contributed by atoms with Crippen molar-refractivity contribution in [2.45, 2.75) is 26.4 Å². The molecule has 1 aliphatic rings. The average Bonchev–Trinajstić information content (AvgIpc) is 2.35. The molecule has 1 aliphatic heterocycles. The summed E-state index contributed by atoms with van der Waals surface area (Å²) in [4.78, 5) is 16.4. The first-order valence-corrected chi connectivity index (χ1v) is 7.24. The Balaban J connectivity index is 2.44. The van der Waals surface area contributed by atoms with Crippen molar-refractivity contribution in [3.05, 3.63) is 0 Å². The summed E-state index contributed by atoms with van der Waals surface area (Å²) in [6.45, 7) is 9.21. The number of nitrogens with one attached hydrogen (secondary N) is 1. The van der Waals surface area contributed by atoms with Crippen molar-refractivity contribution in [2.75, 3.05) is 53.4 Å². The topological polar surface area (TPSA) is 44.8 Å². The van der Waals surface area contributed by atoms with Crippen molar-refractivity contribution in [2.24, 2.45) is 5.92 Å². The summed E-state index contributed by atoms with van der Waals surface area (Å²) in [5.41, 5.74) is 0. The van der Waals surface area contributed by atoms with Crippen molar-refractivity contribution < 1.29 is 9.53 Å². The Morgan fingerprint density at radius 3 is 2.63 bits per heavy atom. The standard InChI is InChI=1S/C14H29N3O2/c1-12(2)11-17(7-6-16(3)4)14(18)9-13-10-15-5-8-19-13/h12-13,15H,5-11H2,1-4H3. The van der Waals surface area contributed by atoms with Gasteiger partial charge in [-0.3, -0.25) is 4.79 Å². The number of likely N-dealkylation sites (N-methyl/N-ethyl adjacent to an activating group) is 1. The van der Waals surface area contributed by atoms with Gasteiger partial charge in [-0.2, -0.15) is 0 Å². The lowest BCUT2D eigenvalue weighted by Gasteiger charge is -2.29. The minimum atomic E-state index is 0.0373.